The smallest absolute Gasteiger partial charge is 0.182 e. The summed E-state index contributed by atoms with van der Waals surface area (Å²) in [5.74, 6) is 2.14. The van der Waals surface area contributed by atoms with Crippen molar-refractivity contribution < 1.29 is 9.47 Å². The fourth-order valence-electron chi connectivity index (χ4n) is 2.11. The molecule has 0 aliphatic heterocycles. The molecule has 0 amide bonds. The summed E-state index contributed by atoms with van der Waals surface area (Å²) in [6.45, 7) is 2.56. The standard InChI is InChI=1S/C15H17N5O2/c1-10(22-12-6-4-3-5-11(12)21-2)7-16-14-13-15(18-8-17-13)20-9-19-14/h3-6,8-10H,7H2,1-2H3,(H2,16,17,18,19,20). The van der Waals surface area contributed by atoms with Crippen molar-refractivity contribution in [2.75, 3.05) is 19.0 Å². The number of benzene rings is 1. The van der Waals surface area contributed by atoms with Gasteiger partial charge in [0, 0.05) is 0 Å². The number of aromatic nitrogens is 4. The lowest BCUT2D eigenvalue weighted by atomic mass is 10.3. The van der Waals surface area contributed by atoms with Crippen molar-refractivity contribution in [2.45, 2.75) is 13.0 Å². The van der Waals surface area contributed by atoms with Gasteiger partial charge in [-0.3, -0.25) is 0 Å². The van der Waals surface area contributed by atoms with Crippen LogP contribution in [0.15, 0.2) is 36.9 Å². The molecule has 3 rings (SSSR count). The van der Waals surface area contributed by atoms with Crippen LogP contribution in [0.5, 0.6) is 11.5 Å². The number of nitrogens with zero attached hydrogens (tertiary/aromatic N) is 3. The summed E-state index contributed by atoms with van der Waals surface area (Å²) in [4.78, 5) is 15.4. The molecule has 114 valence electrons. The number of ether oxygens (including phenoxy) is 2. The van der Waals surface area contributed by atoms with Gasteiger partial charge in [-0.05, 0) is 19.1 Å². The Morgan fingerprint density at radius 2 is 2.00 bits per heavy atom. The number of aromatic amines is 1. The van der Waals surface area contributed by atoms with E-state index in [9.17, 15) is 0 Å². The van der Waals surface area contributed by atoms with Crippen LogP contribution in [-0.2, 0) is 0 Å². The highest BCUT2D eigenvalue weighted by molar-refractivity contribution is 5.81. The maximum atomic E-state index is 5.89. The number of fused-ring (bicyclic) bond motifs is 1. The van der Waals surface area contributed by atoms with Crippen LogP contribution in [0.1, 0.15) is 6.92 Å². The monoisotopic (exact) mass is 299 g/mol. The highest BCUT2D eigenvalue weighted by Gasteiger charge is 2.10. The van der Waals surface area contributed by atoms with Gasteiger partial charge >= 0.3 is 0 Å². The van der Waals surface area contributed by atoms with E-state index >= 15 is 0 Å². The van der Waals surface area contributed by atoms with Crippen LogP contribution in [0, 0.1) is 0 Å². The van der Waals surface area contributed by atoms with Gasteiger partial charge < -0.3 is 19.8 Å². The van der Waals surface area contributed by atoms with Crippen LogP contribution in [-0.4, -0.2) is 39.7 Å². The fourth-order valence-corrected chi connectivity index (χ4v) is 2.11. The summed E-state index contributed by atoms with van der Waals surface area (Å²) >= 11 is 0. The highest BCUT2D eigenvalue weighted by atomic mass is 16.5. The molecule has 3 aromatic rings. The lowest BCUT2D eigenvalue weighted by Gasteiger charge is -2.17. The first kappa shape index (κ1) is 14.1. The lowest BCUT2D eigenvalue weighted by Crippen LogP contribution is -2.23. The van der Waals surface area contributed by atoms with E-state index in [4.69, 9.17) is 9.47 Å². The predicted molar refractivity (Wildman–Crippen MR) is 83.3 cm³/mol. The fraction of sp³-hybridized carbons (Fsp3) is 0.267. The van der Waals surface area contributed by atoms with Gasteiger partial charge in [-0.2, -0.15) is 0 Å². The summed E-state index contributed by atoms with van der Waals surface area (Å²) in [6, 6.07) is 7.57. The molecule has 1 atom stereocenters. The second-order valence-corrected chi connectivity index (χ2v) is 4.78. The minimum atomic E-state index is -0.0655. The van der Waals surface area contributed by atoms with E-state index in [1.807, 2.05) is 31.2 Å². The summed E-state index contributed by atoms with van der Waals surface area (Å²) in [6.07, 6.45) is 3.01. The minimum Gasteiger partial charge on any atom is -0.493 e. The quantitative estimate of drug-likeness (QED) is 0.726. The number of imidazole rings is 1. The van der Waals surface area contributed by atoms with Crippen LogP contribution in [0.2, 0.25) is 0 Å². The first-order chi connectivity index (χ1) is 10.8. The van der Waals surface area contributed by atoms with Gasteiger partial charge in [0.2, 0.25) is 0 Å². The van der Waals surface area contributed by atoms with E-state index in [-0.39, 0.29) is 6.10 Å². The van der Waals surface area contributed by atoms with E-state index in [0.29, 0.717) is 29.5 Å². The normalized spacial score (nSPS) is 12.1. The molecule has 7 nitrogen and oxygen atoms in total. The van der Waals surface area contributed by atoms with Crippen LogP contribution >= 0.6 is 0 Å². The van der Waals surface area contributed by atoms with Gasteiger partial charge in [0.25, 0.3) is 0 Å². The zero-order valence-corrected chi connectivity index (χ0v) is 12.4. The molecule has 1 unspecified atom stereocenters. The molecule has 7 heteroatoms. The molecule has 0 aliphatic rings. The van der Waals surface area contributed by atoms with Crippen LogP contribution in [0.25, 0.3) is 11.2 Å². The topological polar surface area (TPSA) is 84.9 Å². The van der Waals surface area contributed by atoms with Crippen LogP contribution in [0.3, 0.4) is 0 Å². The second kappa shape index (κ2) is 6.30. The van der Waals surface area contributed by atoms with Gasteiger partial charge in [0.15, 0.2) is 23.0 Å². The maximum Gasteiger partial charge on any atom is 0.182 e. The van der Waals surface area contributed by atoms with Crippen molar-refractivity contribution in [3.8, 4) is 11.5 Å². The van der Waals surface area contributed by atoms with Crippen molar-refractivity contribution in [3.63, 3.8) is 0 Å². The van der Waals surface area contributed by atoms with Crippen molar-refractivity contribution in [2.24, 2.45) is 0 Å². The first-order valence-corrected chi connectivity index (χ1v) is 6.95. The first-order valence-electron chi connectivity index (χ1n) is 6.95. The van der Waals surface area contributed by atoms with E-state index in [1.165, 1.54) is 6.33 Å². The average molecular weight is 299 g/mol. The zero-order valence-electron chi connectivity index (χ0n) is 12.4. The van der Waals surface area contributed by atoms with Gasteiger partial charge in [-0.15, -0.1) is 0 Å². The van der Waals surface area contributed by atoms with Crippen LogP contribution < -0.4 is 14.8 Å². The molecule has 0 spiro atoms. The lowest BCUT2D eigenvalue weighted by molar-refractivity contribution is 0.223. The Kier molecular flexibility index (Phi) is 4.04. The Bertz CT molecular complexity index is 758. The molecule has 2 heterocycles. The number of anilines is 1. The van der Waals surface area contributed by atoms with Crippen molar-refractivity contribution >= 4 is 17.0 Å². The van der Waals surface area contributed by atoms with Crippen molar-refractivity contribution in [1.29, 1.82) is 0 Å². The molecule has 22 heavy (non-hydrogen) atoms. The number of hydrogen-bond acceptors (Lipinski definition) is 6. The summed E-state index contributed by atoms with van der Waals surface area (Å²) in [5.41, 5.74) is 1.42. The molecule has 0 bridgehead atoms. The zero-order chi connectivity index (χ0) is 15.4. The number of rotatable bonds is 6. The van der Waals surface area contributed by atoms with Gasteiger partial charge in [-0.25, -0.2) is 15.0 Å². The molecule has 0 radical (unpaired) electrons. The number of nitrogens with one attached hydrogen (secondary N) is 2. The Labute approximate surface area is 127 Å². The Morgan fingerprint density at radius 1 is 1.18 bits per heavy atom. The van der Waals surface area contributed by atoms with Gasteiger partial charge in [-0.1, -0.05) is 12.1 Å². The van der Waals surface area contributed by atoms with E-state index in [1.54, 1.807) is 13.4 Å². The molecular weight excluding hydrogens is 282 g/mol. The number of methoxy groups -OCH3 is 1. The van der Waals surface area contributed by atoms with Gasteiger partial charge in [0.05, 0.1) is 20.0 Å². The molecule has 1 aromatic carbocycles. The Hall–Kier alpha value is -2.83. The van der Waals surface area contributed by atoms with E-state index in [0.717, 1.165) is 5.52 Å². The summed E-state index contributed by atoms with van der Waals surface area (Å²) in [7, 11) is 1.63. The molecular formula is C15H17N5O2. The van der Waals surface area contributed by atoms with Gasteiger partial charge in [0.1, 0.15) is 17.9 Å². The molecule has 2 N–H and O–H groups in total. The summed E-state index contributed by atoms with van der Waals surface area (Å²) < 4.78 is 11.2. The van der Waals surface area contributed by atoms with Crippen LogP contribution in [0.4, 0.5) is 5.82 Å². The SMILES string of the molecule is COc1ccccc1OC(C)CNc1ncnc2nc[nH]c12. The highest BCUT2D eigenvalue weighted by Crippen LogP contribution is 2.26. The number of H-pyrrole nitrogens is 1. The summed E-state index contributed by atoms with van der Waals surface area (Å²) in [5, 5.41) is 3.24. The second-order valence-electron chi connectivity index (χ2n) is 4.78. The average Bonchev–Trinajstić information content (AvgIpc) is 3.02. The van der Waals surface area contributed by atoms with Crippen molar-refractivity contribution in [3.05, 3.63) is 36.9 Å². The Balaban J connectivity index is 1.65. The maximum absolute atomic E-state index is 5.89. The third-order valence-corrected chi connectivity index (χ3v) is 3.18. The molecule has 0 fully saturated rings. The van der Waals surface area contributed by atoms with E-state index in [2.05, 4.69) is 25.3 Å². The van der Waals surface area contributed by atoms with E-state index < -0.39 is 0 Å². The van der Waals surface area contributed by atoms with Crippen molar-refractivity contribution in [1.82, 2.24) is 19.9 Å². The predicted octanol–water partition coefficient (Wildman–Crippen LogP) is 2.24. The molecule has 0 saturated carbocycles. The number of para-hydroxylation sites is 2. The molecule has 0 aliphatic carbocycles. The third-order valence-electron chi connectivity index (χ3n) is 3.18. The third kappa shape index (κ3) is 2.93. The molecule has 2 aromatic heterocycles. The molecule has 0 saturated heterocycles. The number of hydrogen-bond donors (Lipinski definition) is 2. The largest absolute Gasteiger partial charge is 0.493 e. The minimum absolute atomic E-state index is 0.0655. The Morgan fingerprint density at radius 3 is 2.82 bits per heavy atom.